The van der Waals surface area contributed by atoms with Crippen LogP contribution in [-0.2, 0) is 14.1 Å². The molecular weight excluding hydrogens is 239 g/mol. The fourth-order valence-corrected chi connectivity index (χ4v) is 0.962. The predicted molar refractivity (Wildman–Crippen MR) is 36.1 cm³/mol. The summed E-state index contributed by atoms with van der Waals surface area (Å²) in [5.74, 6) is 0. The molecule has 10 heavy (non-hydrogen) atoms. The van der Waals surface area contributed by atoms with Crippen molar-refractivity contribution in [2.24, 2.45) is 14.1 Å². The lowest BCUT2D eigenvalue weighted by atomic mass is 10.4. The molecule has 1 heterocycles. The molecule has 58 valence electrons. The number of aryl methyl sites for hydroxylation is 2. The second-order valence-corrected chi connectivity index (χ2v) is 2.47. The SMILES string of the molecule is Cc1cc(C)[n+](C)n1C.[I-]. The molecule has 0 fully saturated rings. The smallest absolute Gasteiger partial charge is 0.204 e. The maximum absolute atomic E-state index is 2.17. The van der Waals surface area contributed by atoms with Crippen LogP contribution in [0.5, 0.6) is 0 Å². The zero-order chi connectivity index (χ0) is 7.02. The van der Waals surface area contributed by atoms with Gasteiger partial charge in [-0.15, -0.1) is 4.68 Å². The van der Waals surface area contributed by atoms with E-state index in [-0.39, 0.29) is 24.0 Å². The van der Waals surface area contributed by atoms with Gasteiger partial charge in [-0.1, -0.05) is 0 Å². The summed E-state index contributed by atoms with van der Waals surface area (Å²) in [7, 11) is 4.12. The molecule has 1 aromatic rings. The third-order valence-electron chi connectivity index (χ3n) is 1.89. The molecule has 0 saturated heterocycles. The molecule has 0 bridgehead atoms. The van der Waals surface area contributed by atoms with Crippen molar-refractivity contribution < 1.29 is 28.7 Å². The second-order valence-electron chi connectivity index (χ2n) is 2.47. The molecule has 0 aliphatic heterocycles. The Morgan fingerprint density at radius 3 is 2.00 bits per heavy atom. The summed E-state index contributed by atoms with van der Waals surface area (Å²) in [4.78, 5) is 0. The molecule has 2 nitrogen and oxygen atoms in total. The number of hydrogen-bond acceptors (Lipinski definition) is 0. The molecule has 0 atom stereocenters. The lowest BCUT2D eigenvalue weighted by Crippen LogP contribution is -3.00. The largest absolute Gasteiger partial charge is 1.00 e. The van der Waals surface area contributed by atoms with E-state index in [0.717, 1.165) is 0 Å². The molecule has 0 aliphatic carbocycles. The summed E-state index contributed by atoms with van der Waals surface area (Å²) >= 11 is 0. The monoisotopic (exact) mass is 252 g/mol. The van der Waals surface area contributed by atoms with E-state index >= 15 is 0 Å². The first-order valence-corrected chi connectivity index (χ1v) is 3.12. The first-order chi connectivity index (χ1) is 4.13. The molecule has 1 aromatic heterocycles. The fourth-order valence-electron chi connectivity index (χ4n) is 0.962. The molecule has 3 heteroatoms. The summed E-state index contributed by atoms with van der Waals surface area (Å²) in [6, 6.07) is 2.17. The number of hydrogen-bond donors (Lipinski definition) is 0. The standard InChI is InChI=1S/C7H13N2.HI/c1-6-5-7(2)9(4)8(6)3;/h5H,1-4H3;1H/q+1;/p-1. The van der Waals surface area contributed by atoms with E-state index in [2.05, 4.69) is 43.4 Å². The highest BCUT2D eigenvalue weighted by Crippen LogP contribution is 1.94. The third-order valence-corrected chi connectivity index (χ3v) is 1.89. The topological polar surface area (TPSA) is 8.81 Å². The van der Waals surface area contributed by atoms with Crippen molar-refractivity contribution in [3.05, 3.63) is 17.5 Å². The Hall–Kier alpha value is -0.0600. The van der Waals surface area contributed by atoms with E-state index in [1.165, 1.54) is 11.4 Å². The van der Waals surface area contributed by atoms with Crippen LogP contribution in [0.4, 0.5) is 0 Å². The van der Waals surface area contributed by atoms with Crippen LogP contribution in [0.1, 0.15) is 11.4 Å². The van der Waals surface area contributed by atoms with Gasteiger partial charge in [0.05, 0.1) is 12.7 Å². The Bertz CT molecular complexity index is 205. The van der Waals surface area contributed by atoms with Gasteiger partial charge in [-0.3, -0.25) is 0 Å². The molecule has 0 unspecified atom stereocenters. The van der Waals surface area contributed by atoms with E-state index in [9.17, 15) is 0 Å². The Balaban J connectivity index is 0.000000810. The van der Waals surface area contributed by atoms with Crippen LogP contribution in [0, 0.1) is 13.8 Å². The van der Waals surface area contributed by atoms with Crippen molar-refractivity contribution in [1.82, 2.24) is 4.68 Å². The van der Waals surface area contributed by atoms with Crippen LogP contribution in [0.15, 0.2) is 6.07 Å². The van der Waals surface area contributed by atoms with Gasteiger partial charge in [0.15, 0.2) is 7.05 Å². The zero-order valence-electron chi connectivity index (χ0n) is 6.85. The molecule has 0 spiro atoms. The minimum atomic E-state index is 0. The van der Waals surface area contributed by atoms with Crippen LogP contribution >= 0.6 is 0 Å². The van der Waals surface area contributed by atoms with Crippen LogP contribution in [0.2, 0.25) is 0 Å². The quantitative estimate of drug-likeness (QED) is 0.356. The van der Waals surface area contributed by atoms with Crippen LogP contribution < -0.4 is 28.7 Å². The van der Waals surface area contributed by atoms with Gasteiger partial charge >= 0.3 is 0 Å². The van der Waals surface area contributed by atoms with Crippen molar-refractivity contribution in [2.45, 2.75) is 13.8 Å². The summed E-state index contributed by atoms with van der Waals surface area (Å²) < 4.78 is 4.24. The van der Waals surface area contributed by atoms with E-state index in [0.29, 0.717) is 0 Å². The summed E-state index contributed by atoms with van der Waals surface area (Å²) in [5, 5.41) is 0. The molecule has 0 radical (unpaired) electrons. The first-order valence-electron chi connectivity index (χ1n) is 3.12. The van der Waals surface area contributed by atoms with E-state index < -0.39 is 0 Å². The van der Waals surface area contributed by atoms with Crippen molar-refractivity contribution in [3.63, 3.8) is 0 Å². The van der Waals surface area contributed by atoms with Crippen molar-refractivity contribution in [2.75, 3.05) is 0 Å². The summed E-state index contributed by atoms with van der Waals surface area (Å²) in [6.45, 7) is 4.21. The summed E-state index contributed by atoms with van der Waals surface area (Å²) in [5.41, 5.74) is 2.60. The Kier molecular flexibility index (Phi) is 3.35. The minimum Gasteiger partial charge on any atom is -1.00 e. The molecule has 0 aliphatic rings. The van der Waals surface area contributed by atoms with Crippen LogP contribution in [0.3, 0.4) is 0 Å². The molecule has 0 amide bonds. The van der Waals surface area contributed by atoms with Gasteiger partial charge in [0.2, 0.25) is 5.69 Å². The average Bonchev–Trinajstić information content (AvgIpc) is 1.98. The van der Waals surface area contributed by atoms with Gasteiger partial charge in [-0.05, 0) is 6.92 Å². The van der Waals surface area contributed by atoms with Gasteiger partial charge < -0.3 is 24.0 Å². The molecule has 1 rings (SSSR count). The average molecular weight is 252 g/mol. The van der Waals surface area contributed by atoms with Gasteiger partial charge in [-0.2, -0.15) is 4.68 Å². The second kappa shape index (κ2) is 3.37. The molecule has 0 N–H and O–H groups in total. The van der Waals surface area contributed by atoms with E-state index in [1.54, 1.807) is 0 Å². The van der Waals surface area contributed by atoms with Gasteiger partial charge in [-0.25, -0.2) is 0 Å². The predicted octanol–water partition coefficient (Wildman–Crippen LogP) is -2.53. The highest BCUT2D eigenvalue weighted by Gasteiger charge is 2.06. The van der Waals surface area contributed by atoms with Gasteiger partial charge in [0.1, 0.15) is 0 Å². The maximum Gasteiger partial charge on any atom is 0.204 e. The van der Waals surface area contributed by atoms with Crippen molar-refractivity contribution in [1.29, 1.82) is 0 Å². The maximum atomic E-state index is 2.17. The van der Waals surface area contributed by atoms with Crippen molar-refractivity contribution >= 4 is 0 Å². The lowest BCUT2D eigenvalue weighted by Gasteiger charge is -1.90. The van der Waals surface area contributed by atoms with Gasteiger partial charge in [0.25, 0.3) is 0 Å². The third kappa shape index (κ3) is 1.51. The highest BCUT2D eigenvalue weighted by atomic mass is 127. The number of rotatable bonds is 0. The molecular formula is C7H13IN2. The Labute approximate surface area is 78.9 Å². The van der Waals surface area contributed by atoms with E-state index in [1.807, 2.05) is 0 Å². The molecule has 0 saturated carbocycles. The highest BCUT2D eigenvalue weighted by molar-refractivity contribution is 5.00. The fraction of sp³-hybridized carbons (Fsp3) is 0.571. The minimum absolute atomic E-state index is 0. The number of aromatic nitrogens is 2. The lowest BCUT2D eigenvalue weighted by molar-refractivity contribution is -0.756. The molecule has 0 aromatic carbocycles. The zero-order valence-corrected chi connectivity index (χ0v) is 9.01. The van der Waals surface area contributed by atoms with Gasteiger partial charge in [0, 0.05) is 13.0 Å². The first kappa shape index (κ1) is 9.94. The van der Waals surface area contributed by atoms with Crippen LogP contribution in [-0.4, -0.2) is 4.68 Å². The Morgan fingerprint density at radius 2 is 1.90 bits per heavy atom. The van der Waals surface area contributed by atoms with Crippen LogP contribution in [0.25, 0.3) is 0 Å². The number of nitrogens with zero attached hydrogens (tertiary/aromatic N) is 2. The van der Waals surface area contributed by atoms with E-state index in [4.69, 9.17) is 0 Å². The van der Waals surface area contributed by atoms with Crippen molar-refractivity contribution in [3.8, 4) is 0 Å². The Morgan fingerprint density at radius 1 is 1.40 bits per heavy atom. The summed E-state index contributed by atoms with van der Waals surface area (Å²) in [6.07, 6.45) is 0. The normalized spacial score (nSPS) is 9.20. The number of halogens is 1.